The van der Waals surface area contributed by atoms with Crippen LogP contribution in [-0.4, -0.2) is 42.9 Å². The number of aryl methyl sites for hydroxylation is 1. The number of benzene rings is 2. The van der Waals surface area contributed by atoms with Gasteiger partial charge in [0.05, 0.1) is 25.2 Å². The Morgan fingerprint density at radius 1 is 1.07 bits per heavy atom. The summed E-state index contributed by atoms with van der Waals surface area (Å²) in [5.74, 6) is 1.62. The highest BCUT2D eigenvalue weighted by molar-refractivity contribution is 8.18. The number of ether oxygens (including phenoxy) is 3. The molecule has 1 heterocycles. The number of methoxy groups -OCH3 is 1. The molecule has 0 spiro atoms. The van der Waals surface area contributed by atoms with E-state index in [4.69, 9.17) is 14.2 Å². The van der Waals surface area contributed by atoms with Gasteiger partial charge in [-0.3, -0.25) is 14.5 Å². The van der Waals surface area contributed by atoms with Crippen molar-refractivity contribution in [3.8, 4) is 17.2 Å². The van der Waals surface area contributed by atoms with Crippen molar-refractivity contribution in [3.05, 3.63) is 58.5 Å². The van der Waals surface area contributed by atoms with Gasteiger partial charge in [-0.25, -0.2) is 0 Å². The van der Waals surface area contributed by atoms with E-state index in [0.717, 1.165) is 22.9 Å². The van der Waals surface area contributed by atoms with Crippen LogP contribution < -0.4 is 14.2 Å². The van der Waals surface area contributed by atoms with E-state index in [1.807, 2.05) is 56.3 Å². The normalized spacial score (nSPS) is 15.1. The third-order valence-electron chi connectivity index (χ3n) is 4.34. The highest BCUT2D eigenvalue weighted by atomic mass is 32.2. The number of rotatable bonds is 8. The predicted octanol–water partition coefficient (Wildman–Crippen LogP) is 4.52. The zero-order valence-corrected chi connectivity index (χ0v) is 17.5. The number of amides is 2. The second kappa shape index (κ2) is 9.52. The highest BCUT2D eigenvalue weighted by Gasteiger charge is 2.35. The molecule has 0 aromatic heterocycles. The fourth-order valence-corrected chi connectivity index (χ4v) is 3.72. The molecule has 2 amide bonds. The van der Waals surface area contributed by atoms with Gasteiger partial charge in [0.25, 0.3) is 11.1 Å². The van der Waals surface area contributed by atoms with Gasteiger partial charge in [0.1, 0.15) is 12.4 Å². The van der Waals surface area contributed by atoms with Gasteiger partial charge in [0, 0.05) is 0 Å². The molecule has 2 aromatic rings. The van der Waals surface area contributed by atoms with Crippen molar-refractivity contribution in [2.45, 2.75) is 13.8 Å². The predicted molar refractivity (Wildman–Crippen MR) is 114 cm³/mol. The average molecular weight is 413 g/mol. The number of thioether (sulfide) groups is 1. The van der Waals surface area contributed by atoms with Crippen molar-refractivity contribution in [1.82, 2.24) is 4.90 Å². The maximum atomic E-state index is 12.7. The lowest BCUT2D eigenvalue weighted by molar-refractivity contribution is -0.123. The van der Waals surface area contributed by atoms with Crippen molar-refractivity contribution in [1.29, 1.82) is 0 Å². The van der Waals surface area contributed by atoms with Gasteiger partial charge in [-0.2, -0.15) is 0 Å². The first-order valence-corrected chi connectivity index (χ1v) is 10.1. The molecule has 0 aliphatic carbocycles. The summed E-state index contributed by atoms with van der Waals surface area (Å²) in [5, 5.41) is -0.297. The lowest BCUT2D eigenvalue weighted by atomic mass is 10.1. The van der Waals surface area contributed by atoms with Crippen LogP contribution >= 0.6 is 11.8 Å². The fraction of sp³-hybridized carbons (Fsp3) is 0.273. The molecule has 1 saturated heterocycles. The number of hydrogen-bond acceptors (Lipinski definition) is 6. The second-order valence-electron chi connectivity index (χ2n) is 6.29. The lowest BCUT2D eigenvalue weighted by Gasteiger charge is -2.13. The van der Waals surface area contributed by atoms with Crippen molar-refractivity contribution in [3.63, 3.8) is 0 Å². The van der Waals surface area contributed by atoms with E-state index in [0.29, 0.717) is 28.8 Å². The maximum Gasteiger partial charge on any atom is 0.293 e. The molecule has 0 atom stereocenters. The first-order chi connectivity index (χ1) is 14.0. The zero-order valence-electron chi connectivity index (χ0n) is 16.6. The molecule has 0 unspecified atom stereocenters. The van der Waals surface area contributed by atoms with Gasteiger partial charge in [-0.05, 0) is 67.1 Å². The molecule has 1 aliphatic heterocycles. The minimum absolute atomic E-state index is 0.197. The summed E-state index contributed by atoms with van der Waals surface area (Å²) >= 11 is 0.932. The van der Waals surface area contributed by atoms with Crippen molar-refractivity contribution < 1.29 is 23.8 Å². The Balaban J connectivity index is 1.73. The monoisotopic (exact) mass is 413 g/mol. The van der Waals surface area contributed by atoms with E-state index < -0.39 is 0 Å². The first-order valence-electron chi connectivity index (χ1n) is 9.28. The van der Waals surface area contributed by atoms with E-state index >= 15 is 0 Å². The lowest BCUT2D eigenvalue weighted by Crippen LogP contribution is -2.32. The van der Waals surface area contributed by atoms with Gasteiger partial charge in [-0.1, -0.05) is 18.2 Å². The van der Waals surface area contributed by atoms with Crippen LogP contribution in [0.3, 0.4) is 0 Å². The molecule has 2 aromatic carbocycles. The van der Waals surface area contributed by atoms with Crippen molar-refractivity contribution in [2.24, 2.45) is 0 Å². The van der Waals surface area contributed by atoms with Crippen LogP contribution in [0.1, 0.15) is 18.1 Å². The summed E-state index contributed by atoms with van der Waals surface area (Å²) in [5.41, 5.74) is 1.73. The van der Waals surface area contributed by atoms with E-state index in [1.165, 1.54) is 4.90 Å². The molecule has 3 rings (SSSR count). The molecule has 1 fully saturated rings. The number of hydrogen-bond donors (Lipinski definition) is 0. The van der Waals surface area contributed by atoms with Crippen LogP contribution in [0.4, 0.5) is 4.79 Å². The zero-order chi connectivity index (χ0) is 20.8. The van der Waals surface area contributed by atoms with Crippen LogP contribution in [-0.2, 0) is 4.79 Å². The van der Waals surface area contributed by atoms with E-state index in [9.17, 15) is 9.59 Å². The molecule has 152 valence electrons. The van der Waals surface area contributed by atoms with Gasteiger partial charge in [0.2, 0.25) is 0 Å². The minimum Gasteiger partial charge on any atom is -0.493 e. The summed E-state index contributed by atoms with van der Waals surface area (Å²) in [7, 11) is 1.58. The van der Waals surface area contributed by atoms with Crippen LogP contribution in [0, 0.1) is 6.92 Å². The molecule has 0 N–H and O–H groups in total. The molecule has 0 radical (unpaired) electrons. The number of nitrogens with zero attached hydrogens (tertiary/aromatic N) is 1. The third kappa shape index (κ3) is 4.92. The fourth-order valence-electron chi connectivity index (χ4n) is 2.87. The maximum absolute atomic E-state index is 12.7. The van der Waals surface area contributed by atoms with Gasteiger partial charge in [0.15, 0.2) is 11.5 Å². The summed E-state index contributed by atoms with van der Waals surface area (Å²) in [6.07, 6.45) is 1.72. The molecular weight excluding hydrogens is 390 g/mol. The Morgan fingerprint density at radius 3 is 2.52 bits per heavy atom. The molecule has 0 bridgehead atoms. The second-order valence-corrected chi connectivity index (χ2v) is 7.28. The van der Waals surface area contributed by atoms with Crippen LogP contribution in [0.5, 0.6) is 17.2 Å². The van der Waals surface area contributed by atoms with Crippen LogP contribution in [0.2, 0.25) is 0 Å². The summed E-state index contributed by atoms with van der Waals surface area (Å²) < 4.78 is 16.6. The van der Waals surface area contributed by atoms with E-state index in [2.05, 4.69) is 0 Å². The molecule has 0 saturated carbocycles. The largest absolute Gasteiger partial charge is 0.493 e. The Labute approximate surface area is 174 Å². The standard InChI is InChI=1S/C22H23NO5S/c1-4-27-19-13-16(15(2)12-18(19)26-3)14-20-21(24)23(22(25)29-20)10-11-28-17-8-6-5-7-9-17/h5-9,12-14H,4,10-11H2,1-3H3/b20-14-. The minimum atomic E-state index is -0.315. The van der Waals surface area contributed by atoms with Crippen molar-refractivity contribution in [2.75, 3.05) is 26.9 Å². The Morgan fingerprint density at radius 2 is 1.83 bits per heavy atom. The Hall–Kier alpha value is -2.93. The number of carbonyl (C=O) groups excluding carboxylic acids is 2. The number of carbonyl (C=O) groups is 2. The van der Waals surface area contributed by atoms with Gasteiger partial charge in [-0.15, -0.1) is 0 Å². The quantitative estimate of drug-likeness (QED) is 0.593. The van der Waals surface area contributed by atoms with Crippen LogP contribution in [0.25, 0.3) is 6.08 Å². The third-order valence-corrected chi connectivity index (χ3v) is 5.25. The molecule has 29 heavy (non-hydrogen) atoms. The average Bonchev–Trinajstić information content (AvgIpc) is 2.98. The topological polar surface area (TPSA) is 65.1 Å². The molecule has 7 heteroatoms. The summed E-state index contributed by atoms with van der Waals surface area (Å²) in [6.45, 7) is 4.74. The van der Waals surface area contributed by atoms with E-state index in [-0.39, 0.29) is 24.3 Å². The van der Waals surface area contributed by atoms with Gasteiger partial charge < -0.3 is 14.2 Å². The summed E-state index contributed by atoms with van der Waals surface area (Å²) in [4.78, 5) is 26.6. The Kier molecular flexibility index (Phi) is 6.82. The summed E-state index contributed by atoms with van der Waals surface area (Å²) in [6, 6.07) is 13.0. The van der Waals surface area contributed by atoms with E-state index in [1.54, 1.807) is 13.2 Å². The number of para-hydroxylation sites is 1. The molecule has 1 aliphatic rings. The van der Waals surface area contributed by atoms with Gasteiger partial charge >= 0.3 is 0 Å². The molecular formula is C22H23NO5S. The first kappa shape index (κ1) is 20.8. The van der Waals surface area contributed by atoms with Crippen LogP contribution in [0.15, 0.2) is 47.4 Å². The number of imide groups is 1. The van der Waals surface area contributed by atoms with Crippen molar-refractivity contribution >= 4 is 29.0 Å². The molecule has 6 nitrogen and oxygen atoms in total. The Bertz CT molecular complexity index is 926. The SMILES string of the molecule is CCOc1cc(/C=C2\SC(=O)N(CCOc3ccccc3)C2=O)c(C)cc1OC. The smallest absolute Gasteiger partial charge is 0.293 e. The highest BCUT2D eigenvalue weighted by Crippen LogP contribution is 2.36.